The first-order chi connectivity index (χ1) is 18.3. The SMILES string of the molecule is [C-]#[N+]C1(NS(=O)(=O)c2cc(-c3cnc(S(=O)(=O)C(C)C)nc3)c3c(c2)c(-c2nnc(C(F)F)s2)nn3C)CC1. The third-order valence-electron chi connectivity index (χ3n) is 6.13. The second-order valence-corrected chi connectivity index (χ2v) is 14.3. The number of halogens is 2. The summed E-state index contributed by atoms with van der Waals surface area (Å²) in [5, 5.41) is 10.4. The number of alkyl halides is 2. The minimum atomic E-state index is -4.22. The molecule has 0 aliphatic heterocycles. The summed E-state index contributed by atoms with van der Waals surface area (Å²) in [6, 6.07) is 2.67. The maximum absolute atomic E-state index is 13.4. The predicted octanol–water partition coefficient (Wildman–Crippen LogP) is 3.36. The minimum Gasteiger partial charge on any atom is -0.292 e. The lowest BCUT2D eigenvalue weighted by molar-refractivity contribution is 0.150. The molecule has 3 heterocycles. The molecule has 5 rings (SSSR count). The molecule has 1 aromatic carbocycles. The number of nitrogens with one attached hydrogen (secondary N) is 1. The molecule has 1 aliphatic rings. The van der Waals surface area contributed by atoms with E-state index in [9.17, 15) is 25.6 Å². The van der Waals surface area contributed by atoms with Gasteiger partial charge in [-0.15, -0.1) is 14.9 Å². The van der Waals surface area contributed by atoms with Gasteiger partial charge in [-0.05, 0) is 26.0 Å². The zero-order valence-corrected chi connectivity index (χ0v) is 23.1. The molecule has 0 unspecified atom stereocenters. The summed E-state index contributed by atoms with van der Waals surface area (Å²) in [5.41, 5.74) is -0.124. The smallest absolute Gasteiger partial charge is 0.292 e. The van der Waals surface area contributed by atoms with Gasteiger partial charge in [-0.1, -0.05) is 11.3 Å². The molecule has 0 radical (unpaired) electrons. The Morgan fingerprint density at radius 1 is 1.13 bits per heavy atom. The van der Waals surface area contributed by atoms with E-state index in [0.29, 0.717) is 29.7 Å². The Bertz CT molecular complexity index is 1860. The molecule has 0 atom stereocenters. The van der Waals surface area contributed by atoms with Gasteiger partial charge in [0.05, 0.1) is 28.5 Å². The van der Waals surface area contributed by atoms with E-state index in [1.807, 2.05) is 0 Å². The van der Waals surface area contributed by atoms with Crippen molar-refractivity contribution >= 4 is 42.1 Å². The summed E-state index contributed by atoms with van der Waals surface area (Å²) in [4.78, 5) is 11.2. The Hall–Kier alpha value is -3.46. The molecule has 4 aromatic rings. The van der Waals surface area contributed by atoms with E-state index in [0.717, 1.165) is 0 Å². The average Bonchev–Trinajstić information content (AvgIpc) is 3.31. The lowest BCUT2D eigenvalue weighted by atomic mass is 10.0. The standard InChI is InChI=1S/C22H20F2N8O4S3/c1-11(2)38(33,34)21-26-9-12(10-27-21)14-7-13(39(35,36)31-22(25-3)5-6-22)8-15-16(30-32(4)17(14)15)19-28-29-20(37-19)18(23)24/h7-11,18,31H,5-6H2,1-2,4H3. The Labute approximate surface area is 225 Å². The van der Waals surface area contributed by atoms with E-state index in [1.54, 1.807) is 7.05 Å². The van der Waals surface area contributed by atoms with Crippen molar-refractivity contribution in [1.82, 2.24) is 34.7 Å². The van der Waals surface area contributed by atoms with Crippen LogP contribution in [0.3, 0.4) is 0 Å². The fourth-order valence-corrected chi connectivity index (χ4v) is 6.75. The molecule has 1 saturated carbocycles. The van der Waals surface area contributed by atoms with Gasteiger partial charge in [-0.3, -0.25) is 9.53 Å². The summed E-state index contributed by atoms with van der Waals surface area (Å²) in [6.45, 7) is 10.3. The average molecular weight is 595 g/mol. The Morgan fingerprint density at radius 3 is 2.33 bits per heavy atom. The minimum absolute atomic E-state index is 0.0544. The Morgan fingerprint density at radius 2 is 1.79 bits per heavy atom. The van der Waals surface area contributed by atoms with Crippen molar-refractivity contribution in [3.63, 3.8) is 0 Å². The van der Waals surface area contributed by atoms with Crippen LogP contribution in [0, 0.1) is 6.57 Å². The first-order valence-corrected chi connectivity index (χ1v) is 15.2. The highest BCUT2D eigenvalue weighted by atomic mass is 32.2. The van der Waals surface area contributed by atoms with Crippen molar-refractivity contribution in [3.05, 3.63) is 41.0 Å². The van der Waals surface area contributed by atoms with Crippen molar-refractivity contribution in [1.29, 1.82) is 0 Å². The van der Waals surface area contributed by atoms with Gasteiger partial charge in [0, 0.05) is 36.0 Å². The fraction of sp³-hybridized carbons (Fsp3) is 0.364. The summed E-state index contributed by atoms with van der Waals surface area (Å²) in [7, 11) is -6.40. The number of nitrogens with zero attached hydrogens (tertiary/aromatic N) is 7. The van der Waals surface area contributed by atoms with Gasteiger partial charge in [0.1, 0.15) is 5.69 Å². The number of sulfone groups is 1. The van der Waals surface area contributed by atoms with E-state index in [1.165, 1.54) is 43.1 Å². The van der Waals surface area contributed by atoms with Gasteiger partial charge >= 0.3 is 0 Å². The molecule has 3 aromatic heterocycles. The van der Waals surface area contributed by atoms with E-state index in [4.69, 9.17) is 6.57 Å². The van der Waals surface area contributed by atoms with E-state index in [2.05, 4.69) is 34.8 Å². The molecule has 1 aliphatic carbocycles. The molecule has 0 amide bonds. The largest absolute Gasteiger partial charge is 0.299 e. The van der Waals surface area contributed by atoms with Gasteiger partial charge in [0.25, 0.3) is 12.1 Å². The van der Waals surface area contributed by atoms with Gasteiger partial charge < -0.3 is 0 Å². The zero-order valence-electron chi connectivity index (χ0n) is 20.6. The van der Waals surface area contributed by atoms with Crippen LogP contribution < -0.4 is 4.72 Å². The normalized spacial score (nSPS) is 15.2. The third-order valence-corrected chi connectivity index (χ3v) is 10.5. The first-order valence-electron chi connectivity index (χ1n) is 11.4. The predicted molar refractivity (Wildman–Crippen MR) is 137 cm³/mol. The van der Waals surface area contributed by atoms with Crippen LogP contribution in [-0.2, 0) is 26.9 Å². The molecule has 1 N–H and O–H groups in total. The summed E-state index contributed by atoms with van der Waals surface area (Å²) < 4.78 is 82.0. The van der Waals surface area contributed by atoms with Crippen molar-refractivity contribution in [2.45, 2.75) is 54.1 Å². The fourth-order valence-electron chi connectivity index (χ4n) is 3.82. The molecule has 204 valence electrons. The zero-order chi connectivity index (χ0) is 28.3. The number of benzene rings is 1. The van der Waals surface area contributed by atoms with Crippen LogP contribution in [0.1, 0.15) is 38.1 Å². The number of rotatable bonds is 8. The molecule has 0 spiro atoms. The van der Waals surface area contributed by atoms with Gasteiger partial charge in [0.15, 0.2) is 10.0 Å². The molecule has 1 fully saturated rings. The van der Waals surface area contributed by atoms with Crippen LogP contribution in [0.2, 0.25) is 0 Å². The summed E-state index contributed by atoms with van der Waals surface area (Å²) >= 11 is 0.624. The summed E-state index contributed by atoms with van der Waals surface area (Å²) in [6.07, 6.45) is 0.403. The van der Waals surface area contributed by atoms with Gasteiger partial charge in [0.2, 0.25) is 25.0 Å². The number of hydrogen-bond donors (Lipinski definition) is 1. The van der Waals surface area contributed by atoms with E-state index in [-0.39, 0.29) is 37.3 Å². The molecule has 17 heteroatoms. The third kappa shape index (κ3) is 4.77. The molecular weight excluding hydrogens is 574 g/mol. The van der Waals surface area contributed by atoms with Crippen molar-refractivity contribution in [2.75, 3.05) is 0 Å². The van der Waals surface area contributed by atoms with Crippen LogP contribution in [0.25, 0.3) is 37.6 Å². The van der Waals surface area contributed by atoms with Crippen molar-refractivity contribution in [2.24, 2.45) is 7.05 Å². The molecule has 0 saturated heterocycles. The van der Waals surface area contributed by atoms with Gasteiger partial charge in [-0.2, -0.15) is 5.10 Å². The number of fused-ring (bicyclic) bond motifs is 1. The number of aryl methyl sites for hydroxylation is 1. The monoisotopic (exact) mass is 594 g/mol. The molecule has 0 bridgehead atoms. The Kier molecular flexibility index (Phi) is 6.49. The lowest BCUT2D eigenvalue weighted by Gasteiger charge is -2.12. The van der Waals surface area contributed by atoms with Crippen LogP contribution in [0.4, 0.5) is 8.78 Å². The Balaban J connectivity index is 1.74. The number of aromatic nitrogens is 6. The van der Waals surface area contributed by atoms with Crippen LogP contribution in [0.15, 0.2) is 34.6 Å². The van der Waals surface area contributed by atoms with Crippen LogP contribution in [0.5, 0.6) is 0 Å². The molecule has 12 nitrogen and oxygen atoms in total. The number of sulfonamides is 1. The maximum atomic E-state index is 13.4. The molecule has 39 heavy (non-hydrogen) atoms. The van der Waals surface area contributed by atoms with E-state index < -0.39 is 42.2 Å². The highest BCUT2D eigenvalue weighted by Gasteiger charge is 2.54. The second-order valence-electron chi connectivity index (χ2n) is 9.18. The number of hydrogen-bond acceptors (Lipinski definition) is 10. The topological polar surface area (TPSA) is 154 Å². The highest BCUT2D eigenvalue weighted by Crippen LogP contribution is 2.41. The quantitative estimate of drug-likeness (QED) is 0.239. The van der Waals surface area contributed by atoms with Crippen molar-refractivity contribution in [3.8, 4) is 21.8 Å². The maximum Gasteiger partial charge on any atom is 0.299 e. The van der Waals surface area contributed by atoms with Crippen LogP contribution >= 0.6 is 11.3 Å². The van der Waals surface area contributed by atoms with Crippen molar-refractivity contribution < 1.29 is 25.6 Å². The lowest BCUT2D eigenvalue weighted by Crippen LogP contribution is -2.34. The summed E-state index contributed by atoms with van der Waals surface area (Å²) in [5.74, 6) is 0. The van der Waals surface area contributed by atoms with Crippen LogP contribution in [-0.4, -0.2) is 57.7 Å². The second kappa shape index (κ2) is 9.33. The molecular formula is C22H20F2N8O4S3. The van der Waals surface area contributed by atoms with Gasteiger partial charge in [-0.25, -0.2) is 42.2 Å². The first kappa shape index (κ1) is 27.1. The highest BCUT2D eigenvalue weighted by molar-refractivity contribution is 7.91. The van der Waals surface area contributed by atoms with E-state index >= 15 is 0 Å².